The maximum absolute atomic E-state index is 12.5. The number of anilines is 1. The van der Waals surface area contributed by atoms with Crippen molar-refractivity contribution in [3.05, 3.63) is 33.5 Å². The van der Waals surface area contributed by atoms with Gasteiger partial charge < -0.3 is 10.1 Å². The van der Waals surface area contributed by atoms with Crippen LogP contribution in [-0.4, -0.2) is 37.6 Å². The molecule has 3 rings (SSSR count). The molecule has 0 radical (unpaired) electrons. The van der Waals surface area contributed by atoms with Crippen molar-refractivity contribution in [2.45, 2.75) is 65.8 Å². The molecule has 0 spiro atoms. The van der Waals surface area contributed by atoms with Crippen LogP contribution in [0.15, 0.2) is 11.6 Å². The third-order valence-corrected chi connectivity index (χ3v) is 4.98. The third kappa shape index (κ3) is 4.49. The highest BCUT2D eigenvalue weighted by atomic mass is 32.1. The van der Waals surface area contributed by atoms with E-state index in [0.29, 0.717) is 19.0 Å². The van der Waals surface area contributed by atoms with Crippen molar-refractivity contribution in [3.63, 3.8) is 0 Å². The van der Waals surface area contributed by atoms with Crippen LogP contribution < -0.4 is 5.32 Å². The smallest absolute Gasteiger partial charge is 0.410 e. The lowest BCUT2D eigenvalue weighted by atomic mass is 10.0. The van der Waals surface area contributed by atoms with Gasteiger partial charge in [-0.1, -0.05) is 0 Å². The molecule has 2 aromatic rings. The van der Waals surface area contributed by atoms with Crippen molar-refractivity contribution < 1.29 is 9.53 Å². The number of aromatic nitrogens is 3. The van der Waals surface area contributed by atoms with Crippen LogP contribution in [0, 0.1) is 6.92 Å². The molecule has 1 amide bonds. The lowest BCUT2D eigenvalue weighted by Crippen LogP contribution is -2.45. The van der Waals surface area contributed by atoms with E-state index in [4.69, 9.17) is 4.74 Å². The van der Waals surface area contributed by atoms with Gasteiger partial charge in [-0.2, -0.15) is 0 Å². The summed E-state index contributed by atoms with van der Waals surface area (Å²) in [4.78, 5) is 27.6. The topological polar surface area (TPSA) is 80.2 Å². The molecule has 0 saturated carbocycles. The van der Waals surface area contributed by atoms with Crippen molar-refractivity contribution in [1.82, 2.24) is 19.9 Å². The Morgan fingerprint density at radius 2 is 2.19 bits per heavy atom. The van der Waals surface area contributed by atoms with Gasteiger partial charge in [-0.25, -0.2) is 19.7 Å². The summed E-state index contributed by atoms with van der Waals surface area (Å²) in [6.45, 7) is 10.6. The number of amides is 1. The van der Waals surface area contributed by atoms with Crippen molar-refractivity contribution in [2.24, 2.45) is 0 Å². The molecule has 0 fully saturated rings. The molecule has 1 N–H and O–H groups in total. The Kier molecular flexibility index (Phi) is 5.13. The van der Waals surface area contributed by atoms with Crippen molar-refractivity contribution in [2.75, 3.05) is 5.32 Å². The molecule has 7 nitrogen and oxygen atoms in total. The largest absolute Gasteiger partial charge is 0.444 e. The number of carbonyl (C=O) groups excluding carboxylic acids is 1. The van der Waals surface area contributed by atoms with Gasteiger partial charge in [-0.15, -0.1) is 11.3 Å². The van der Waals surface area contributed by atoms with Gasteiger partial charge in [0.05, 0.1) is 18.8 Å². The van der Waals surface area contributed by atoms with Crippen LogP contribution in [0.4, 0.5) is 10.7 Å². The minimum absolute atomic E-state index is 0.0538. The average molecular weight is 375 g/mol. The zero-order chi connectivity index (χ0) is 18.9. The second-order valence-electron chi connectivity index (χ2n) is 7.56. The molecule has 0 aromatic carbocycles. The fourth-order valence-corrected chi connectivity index (χ4v) is 3.50. The lowest BCUT2D eigenvalue weighted by Gasteiger charge is -2.35. The molecule has 1 atom stereocenters. The molecule has 140 valence electrons. The maximum Gasteiger partial charge on any atom is 0.410 e. The van der Waals surface area contributed by atoms with Crippen molar-refractivity contribution >= 4 is 23.4 Å². The highest BCUT2D eigenvalue weighted by Gasteiger charge is 2.31. The van der Waals surface area contributed by atoms with Gasteiger partial charge in [-0.3, -0.25) is 4.90 Å². The molecule has 26 heavy (non-hydrogen) atoms. The SMILES string of the molecule is Cc1csc(CNc2ncc3c(n2)CN(C(=O)OC(C)(C)C)[C@H](C)C3)n1. The summed E-state index contributed by atoms with van der Waals surface area (Å²) in [6.07, 6.45) is 2.27. The quantitative estimate of drug-likeness (QED) is 0.884. The highest BCUT2D eigenvalue weighted by Crippen LogP contribution is 2.24. The van der Waals surface area contributed by atoms with E-state index in [9.17, 15) is 4.79 Å². The molecular weight excluding hydrogens is 350 g/mol. The first-order chi connectivity index (χ1) is 12.2. The lowest BCUT2D eigenvalue weighted by molar-refractivity contribution is 0.0134. The predicted molar refractivity (Wildman–Crippen MR) is 101 cm³/mol. The van der Waals surface area contributed by atoms with Crippen LogP contribution in [0.25, 0.3) is 0 Å². The van der Waals surface area contributed by atoms with E-state index in [1.165, 1.54) is 0 Å². The third-order valence-electron chi connectivity index (χ3n) is 4.01. The minimum Gasteiger partial charge on any atom is -0.444 e. The number of ether oxygens (including phenoxy) is 1. The van der Waals surface area contributed by atoms with Gasteiger partial charge in [0.25, 0.3) is 0 Å². The number of hydrogen-bond acceptors (Lipinski definition) is 7. The Balaban J connectivity index is 1.70. The molecule has 0 saturated heterocycles. The summed E-state index contributed by atoms with van der Waals surface area (Å²) < 4.78 is 5.52. The summed E-state index contributed by atoms with van der Waals surface area (Å²) in [6, 6.07) is 0.0538. The zero-order valence-corrected chi connectivity index (χ0v) is 16.7. The average Bonchev–Trinajstić information content (AvgIpc) is 2.96. The fraction of sp³-hybridized carbons (Fsp3) is 0.556. The van der Waals surface area contributed by atoms with Gasteiger partial charge in [-0.05, 0) is 46.6 Å². The number of rotatable bonds is 3. The summed E-state index contributed by atoms with van der Waals surface area (Å²) >= 11 is 1.61. The summed E-state index contributed by atoms with van der Waals surface area (Å²) in [7, 11) is 0. The number of fused-ring (bicyclic) bond motifs is 1. The van der Waals surface area contributed by atoms with E-state index >= 15 is 0 Å². The second kappa shape index (κ2) is 7.19. The van der Waals surface area contributed by atoms with Crippen LogP contribution in [-0.2, 0) is 24.2 Å². The van der Waals surface area contributed by atoms with E-state index in [0.717, 1.165) is 28.4 Å². The Labute approximate surface area is 157 Å². The van der Waals surface area contributed by atoms with Gasteiger partial charge in [0.15, 0.2) is 0 Å². The highest BCUT2D eigenvalue weighted by molar-refractivity contribution is 7.09. The van der Waals surface area contributed by atoms with Gasteiger partial charge in [0.2, 0.25) is 5.95 Å². The van der Waals surface area contributed by atoms with E-state index in [1.54, 1.807) is 16.2 Å². The number of carbonyl (C=O) groups is 1. The van der Waals surface area contributed by atoms with Gasteiger partial charge >= 0.3 is 6.09 Å². The normalized spacial score (nSPS) is 17.0. The summed E-state index contributed by atoms with van der Waals surface area (Å²) in [5.74, 6) is 0.551. The Morgan fingerprint density at radius 3 is 2.85 bits per heavy atom. The number of hydrogen-bond donors (Lipinski definition) is 1. The van der Waals surface area contributed by atoms with E-state index < -0.39 is 5.60 Å². The van der Waals surface area contributed by atoms with Crippen LogP contribution in [0.5, 0.6) is 0 Å². The van der Waals surface area contributed by atoms with Gasteiger partial charge in [0, 0.05) is 23.3 Å². The first-order valence-corrected chi connectivity index (χ1v) is 9.58. The Hall–Kier alpha value is -2.22. The Morgan fingerprint density at radius 1 is 1.42 bits per heavy atom. The van der Waals surface area contributed by atoms with Gasteiger partial charge in [0.1, 0.15) is 10.6 Å². The number of nitrogens with one attached hydrogen (secondary N) is 1. The number of thiazole rings is 1. The molecule has 3 heterocycles. The van der Waals surface area contributed by atoms with Crippen LogP contribution in [0.2, 0.25) is 0 Å². The van der Waals surface area contributed by atoms with Crippen molar-refractivity contribution in [1.29, 1.82) is 0 Å². The standard InChI is InChI=1S/C18H25N5O2S/c1-11-10-26-15(21-11)8-20-16-19-7-13-6-12(2)23(9-14(13)22-16)17(24)25-18(3,4)5/h7,10,12H,6,8-9H2,1-5H3,(H,19,20,22)/t12-/m1/s1. The molecule has 2 aromatic heterocycles. The first-order valence-electron chi connectivity index (χ1n) is 8.70. The molecule has 0 bridgehead atoms. The second-order valence-corrected chi connectivity index (χ2v) is 8.51. The van der Waals surface area contributed by atoms with Crippen LogP contribution in [0.3, 0.4) is 0 Å². The summed E-state index contributed by atoms with van der Waals surface area (Å²) in [5, 5.41) is 6.22. The Bertz CT molecular complexity index is 799. The molecule has 0 aliphatic carbocycles. The maximum atomic E-state index is 12.5. The van der Waals surface area contributed by atoms with Crippen LogP contribution >= 0.6 is 11.3 Å². The molecule has 1 aliphatic heterocycles. The molecule has 1 aliphatic rings. The molecule has 8 heteroatoms. The van der Waals surface area contributed by atoms with E-state index in [2.05, 4.69) is 20.3 Å². The molecule has 0 unspecified atom stereocenters. The van der Waals surface area contributed by atoms with E-state index in [-0.39, 0.29) is 12.1 Å². The fourth-order valence-electron chi connectivity index (χ4n) is 2.78. The van der Waals surface area contributed by atoms with E-state index in [1.807, 2.05) is 46.2 Å². The molecular formula is C18H25N5O2S. The minimum atomic E-state index is -0.513. The predicted octanol–water partition coefficient (Wildman–Crippen LogP) is 3.54. The monoisotopic (exact) mass is 375 g/mol. The zero-order valence-electron chi connectivity index (χ0n) is 15.9. The first kappa shape index (κ1) is 18.6. The number of aryl methyl sites for hydroxylation is 1. The van der Waals surface area contributed by atoms with Crippen LogP contribution in [0.1, 0.15) is 49.7 Å². The van der Waals surface area contributed by atoms with Crippen molar-refractivity contribution in [3.8, 4) is 0 Å². The number of nitrogens with zero attached hydrogens (tertiary/aromatic N) is 4. The summed E-state index contributed by atoms with van der Waals surface area (Å²) in [5.41, 5.74) is 2.44.